The molecule has 0 spiro atoms. The van der Waals surface area contributed by atoms with E-state index >= 15 is 0 Å². The maximum absolute atomic E-state index is 11.6. The van der Waals surface area contributed by atoms with Gasteiger partial charge in [-0.2, -0.15) is 0 Å². The number of ketones is 2. The van der Waals surface area contributed by atoms with Gasteiger partial charge in [-0.25, -0.2) is 0 Å². The highest BCUT2D eigenvalue weighted by Crippen LogP contribution is 1.99. The average molecular weight is 266 g/mol. The van der Waals surface area contributed by atoms with Crippen molar-refractivity contribution in [2.45, 2.75) is 48.0 Å². The minimum atomic E-state index is -0.00678. The molecule has 0 amide bonds. The molecule has 0 aliphatic heterocycles. The molecular formula is C15H26N2O2. The summed E-state index contributed by atoms with van der Waals surface area (Å²) in [5, 5.41) is 0. The Morgan fingerprint density at radius 3 is 1.37 bits per heavy atom. The minimum absolute atomic E-state index is 0.00678. The topological polar surface area (TPSA) is 58.9 Å². The Balaban J connectivity index is 4.12. The number of aliphatic imine (C=N–C) groups is 2. The number of carbonyl (C=O) groups is 2. The first-order valence-corrected chi connectivity index (χ1v) is 6.87. The Hall–Kier alpha value is -1.32. The van der Waals surface area contributed by atoms with Crippen LogP contribution in [0.3, 0.4) is 0 Å². The molecule has 0 rings (SSSR count). The molecule has 0 unspecified atom stereocenters. The van der Waals surface area contributed by atoms with Crippen molar-refractivity contribution in [3.05, 3.63) is 0 Å². The Morgan fingerprint density at radius 2 is 1.11 bits per heavy atom. The number of hydrogen-bond acceptors (Lipinski definition) is 4. The fraction of sp³-hybridized carbons (Fsp3) is 0.733. The Bertz CT molecular complexity index is 344. The highest BCUT2D eigenvalue weighted by atomic mass is 16.1. The van der Waals surface area contributed by atoms with Gasteiger partial charge in [-0.05, 0) is 20.3 Å². The monoisotopic (exact) mass is 266 g/mol. The van der Waals surface area contributed by atoms with Gasteiger partial charge in [-0.1, -0.05) is 27.7 Å². The molecule has 0 heterocycles. The molecule has 0 radical (unpaired) electrons. The standard InChI is InChI=1S/C15H26N2O2/c1-10(2)14(18)12(5)16-8-7-9-17-13(6)15(19)11(3)4/h10-11H,7-9H2,1-6H3. The molecule has 0 atom stereocenters. The molecule has 4 heteroatoms. The summed E-state index contributed by atoms with van der Waals surface area (Å²) in [4.78, 5) is 31.6. The highest BCUT2D eigenvalue weighted by molar-refractivity contribution is 6.39. The van der Waals surface area contributed by atoms with E-state index in [0.717, 1.165) is 6.42 Å². The predicted molar refractivity (Wildman–Crippen MR) is 80.3 cm³/mol. The zero-order chi connectivity index (χ0) is 15.0. The maximum Gasteiger partial charge on any atom is 0.178 e. The molecule has 0 bridgehead atoms. The molecule has 19 heavy (non-hydrogen) atoms. The summed E-state index contributed by atoms with van der Waals surface area (Å²) in [6.07, 6.45) is 0.755. The average Bonchev–Trinajstić information content (AvgIpc) is 2.35. The molecule has 0 fully saturated rings. The third-order valence-electron chi connectivity index (χ3n) is 2.78. The molecule has 0 aromatic carbocycles. The minimum Gasteiger partial charge on any atom is -0.293 e. The van der Waals surface area contributed by atoms with E-state index < -0.39 is 0 Å². The number of rotatable bonds is 8. The lowest BCUT2D eigenvalue weighted by Gasteiger charge is -2.04. The summed E-state index contributed by atoms with van der Waals surface area (Å²) in [5.41, 5.74) is 1.16. The molecule has 0 aliphatic rings. The van der Waals surface area contributed by atoms with E-state index in [1.165, 1.54) is 0 Å². The van der Waals surface area contributed by atoms with E-state index in [1.54, 1.807) is 13.8 Å². The van der Waals surface area contributed by atoms with Gasteiger partial charge in [-0.3, -0.25) is 19.6 Å². The van der Waals surface area contributed by atoms with Crippen molar-refractivity contribution in [2.75, 3.05) is 13.1 Å². The van der Waals surface area contributed by atoms with Crippen molar-refractivity contribution in [3.63, 3.8) is 0 Å². The zero-order valence-electron chi connectivity index (χ0n) is 13.0. The molecule has 0 saturated heterocycles. The van der Waals surface area contributed by atoms with Gasteiger partial charge in [0, 0.05) is 24.9 Å². The van der Waals surface area contributed by atoms with Gasteiger partial charge < -0.3 is 0 Å². The van der Waals surface area contributed by atoms with Crippen LogP contribution in [0.25, 0.3) is 0 Å². The largest absolute Gasteiger partial charge is 0.293 e. The quantitative estimate of drug-likeness (QED) is 0.501. The lowest BCUT2D eigenvalue weighted by Crippen LogP contribution is -2.17. The van der Waals surface area contributed by atoms with Gasteiger partial charge in [0.05, 0.1) is 11.4 Å². The van der Waals surface area contributed by atoms with Gasteiger partial charge in [-0.15, -0.1) is 0 Å². The van der Waals surface area contributed by atoms with E-state index in [-0.39, 0.29) is 23.4 Å². The zero-order valence-corrected chi connectivity index (χ0v) is 13.0. The van der Waals surface area contributed by atoms with E-state index in [9.17, 15) is 9.59 Å². The van der Waals surface area contributed by atoms with Crippen molar-refractivity contribution in [3.8, 4) is 0 Å². The van der Waals surface area contributed by atoms with Crippen LogP contribution in [-0.4, -0.2) is 36.1 Å². The van der Waals surface area contributed by atoms with Crippen molar-refractivity contribution >= 4 is 23.0 Å². The van der Waals surface area contributed by atoms with Crippen LogP contribution in [0, 0.1) is 11.8 Å². The number of hydrogen-bond donors (Lipinski definition) is 0. The van der Waals surface area contributed by atoms with Crippen molar-refractivity contribution in [1.29, 1.82) is 0 Å². The van der Waals surface area contributed by atoms with E-state index in [0.29, 0.717) is 24.5 Å². The third-order valence-corrected chi connectivity index (χ3v) is 2.78. The Labute approximate surface area is 116 Å². The van der Waals surface area contributed by atoms with Crippen LogP contribution in [0.15, 0.2) is 9.98 Å². The molecule has 0 N–H and O–H groups in total. The van der Waals surface area contributed by atoms with Gasteiger partial charge >= 0.3 is 0 Å². The van der Waals surface area contributed by atoms with Crippen LogP contribution in [0.5, 0.6) is 0 Å². The second kappa shape index (κ2) is 8.73. The van der Waals surface area contributed by atoms with E-state index in [4.69, 9.17) is 0 Å². The smallest absolute Gasteiger partial charge is 0.178 e. The molecule has 0 aromatic rings. The summed E-state index contributed by atoms with van der Waals surface area (Å²) in [7, 11) is 0. The van der Waals surface area contributed by atoms with Crippen molar-refractivity contribution < 1.29 is 9.59 Å². The summed E-state index contributed by atoms with van der Waals surface area (Å²) in [6, 6.07) is 0. The van der Waals surface area contributed by atoms with Gasteiger partial charge in [0.2, 0.25) is 0 Å². The lowest BCUT2D eigenvalue weighted by molar-refractivity contribution is -0.116. The normalized spacial score (nSPS) is 13.3. The van der Waals surface area contributed by atoms with Gasteiger partial charge in [0.15, 0.2) is 11.6 Å². The van der Waals surface area contributed by atoms with Crippen LogP contribution in [-0.2, 0) is 9.59 Å². The summed E-state index contributed by atoms with van der Waals surface area (Å²) in [5.74, 6) is 0.171. The first-order chi connectivity index (χ1) is 8.77. The van der Waals surface area contributed by atoms with Crippen LogP contribution < -0.4 is 0 Å². The first-order valence-electron chi connectivity index (χ1n) is 6.87. The van der Waals surface area contributed by atoms with E-state index in [1.807, 2.05) is 27.7 Å². The molecule has 4 nitrogen and oxygen atoms in total. The third kappa shape index (κ3) is 6.99. The highest BCUT2D eigenvalue weighted by Gasteiger charge is 2.11. The first kappa shape index (κ1) is 17.7. The van der Waals surface area contributed by atoms with Crippen LogP contribution in [0.2, 0.25) is 0 Å². The lowest BCUT2D eigenvalue weighted by atomic mass is 10.1. The summed E-state index contributed by atoms with van der Waals surface area (Å²) >= 11 is 0. The van der Waals surface area contributed by atoms with Crippen molar-refractivity contribution in [1.82, 2.24) is 0 Å². The molecule has 0 aliphatic carbocycles. The molecule has 108 valence electrons. The van der Waals surface area contributed by atoms with Crippen LogP contribution in [0.1, 0.15) is 48.0 Å². The second-order valence-electron chi connectivity index (χ2n) is 5.33. The fourth-order valence-electron chi connectivity index (χ4n) is 1.56. The van der Waals surface area contributed by atoms with Gasteiger partial charge in [0.1, 0.15) is 0 Å². The van der Waals surface area contributed by atoms with Crippen LogP contribution in [0.4, 0.5) is 0 Å². The van der Waals surface area contributed by atoms with E-state index in [2.05, 4.69) is 9.98 Å². The summed E-state index contributed by atoms with van der Waals surface area (Å²) < 4.78 is 0. The Kier molecular flexibility index (Phi) is 8.12. The number of nitrogens with zero attached hydrogens (tertiary/aromatic N) is 2. The molecule has 0 saturated carbocycles. The SMILES string of the molecule is CC(=NCCCN=C(C)C(=O)C(C)C)C(=O)C(C)C. The molecule has 0 aromatic heterocycles. The number of Topliss-reactive ketones (excluding diaryl/α,β-unsaturated/α-hetero) is 2. The van der Waals surface area contributed by atoms with Gasteiger partial charge in [0.25, 0.3) is 0 Å². The number of carbonyl (C=O) groups excluding carboxylic acids is 2. The fourth-order valence-corrected chi connectivity index (χ4v) is 1.56. The van der Waals surface area contributed by atoms with Crippen LogP contribution >= 0.6 is 0 Å². The predicted octanol–water partition coefficient (Wildman–Crippen LogP) is 2.75. The Morgan fingerprint density at radius 1 is 0.789 bits per heavy atom. The second-order valence-corrected chi connectivity index (χ2v) is 5.33. The summed E-state index contributed by atoms with van der Waals surface area (Å²) in [6.45, 7) is 12.1. The maximum atomic E-state index is 11.6. The molecular weight excluding hydrogens is 240 g/mol. The van der Waals surface area contributed by atoms with Crippen molar-refractivity contribution in [2.24, 2.45) is 21.8 Å².